The van der Waals surface area contributed by atoms with Gasteiger partial charge in [-0.2, -0.15) is 0 Å². The number of carboxylic acids is 1. The van der Waals surface area contributed by atoms with E-state index in [0.29, 0.717) is 13.0 Å². The summed E-state index contributed by atoms with van der Waals surface area (Å²) in [6.07, 6.45) is 0.647. The monoisotopic (exact) mass is 450 g/mol. The first kappa shape index (κ1) is 22.8. The summed E-state index contributed by atoms with van der Waals surface area (Å²) in [7, 11) is 0. The fourth-order valence-electron chi connectivity index (χ4n) is 4.90. The molecule has 2 aliphatic rings. The summed E-state index contributed by atoms with van der Waals surface area (Å²) in [5.74, 6) is -1.54. The third-order valence-corrected chi connectivity index (χ3v) is 6.75. The number of rotatable bonds is 6. The van der Waals surface area contributed by atoms with Gasteiger partial charge in [-0.3, -0.25) is 4.79 Å². The van der Waals surface area contributed by atoms with Crippen LogP contribution in [0.3, 0.4) is 0 Å². The second-order valence-corrected chi connectivity index (χ2v) is 9.12. The van der Waals surface area contributed by atoms with E-state index >= 15 is 0 Å². The molecule has 1 fully saturated rings. The normalized spacial score (nSPS) is 20.5. The van der Waals surface area contributed by atoms with E-state index in [1.807, 2.05) is 31.2 Å². The Bertz CT molecular complexity index is 1010. The number of fused-ring (bicyclic) bond motifs is 3. The zero-order valence-corrected chi connectivity index (χ0v) is 19.0. The molecule has 1 saturated heterocycles. The van der Waals surface area contributed by atoms with Crippen molar-refractivity contribution < 1.29 is 24.2 Å². The van der Waals surface area contributed by atoms with E-state index in [9.17, 15) is 19.5 Å². The lowest BCUT2D eigenvalue weighted by Crippen LogP contribution is -2.52. The largest absolute Gasteiger partial charge is 0.480 e. The average molecular weight is 451 g/mol. The van der Waals surface area contributed by atoms with Gasteiger partial charge < -0.3 is 20.1 Å². The number of hydrogen-bond acceptors (Lipinski definition) is 4. The number of hydrogen-bond donors (Lipinski definition) is 2. The fraction of sp³-hybridized carbons (Fsp3) is 0.423. The molecule has 7 nitrogen and oxygen atoms in total. The minimum Gasteiger partial charge on any atom is -0.480 e. The Hall–Kier alpha value is -3.35. The van der Waals surface area contributed by atoms with Crippen LogP contribution in [0.15, 0.2) is 48.5 Å². The number of carbonyl (C=O) groups excluding carboxylic acids is 2. The van der Waals surface area contributed by atoms with Crippen LogP contribution in [0.2, 0.25) is 0 Å². The molecule has 4 rings (SSSR count). The number of ether oxygens (including phenoxy) is 1. The molecular formula is C26H30N2O5. The maximum absolute atomic E-state index is 12.8. The molecule has 2 N–H and O–H groups in total. The molecule has 174 valence electrons. The van der Waals surface area contributed by atoms with Gasteiger partial charge in [-0.05, 0) is 41.0 Å². The van der Waals surface area contributed by atoms with Gasteiger partial charge in [-0.25, -0.2) is 9.59 Å². The predicted octanol–water partition coefficient (Wildman–Crippen LogP) is 3.87. The first-order valence-corrected chi connectivity index (χ1v) is 11.5. The summed E-state index contributed by atoms with van der Waals surface area (Å²) in [4.78, 5) is 38.3. The highest BCUT2D eigenvalue weighted by atomic mass is 16.5. The molecule has 1 heterocycles. The molecule has 3 unspecified atom stereocenters. The number of carbonyl (C=O) groups is 3. The maximum Gasteiger partial charge on any atom is 0.407 e. The van der Waals surface area contributed by atoms with Crippen LogP contribution in [-0.4, -0.2) is 53.7 Å². The average Bonchev–Trinajstić information content (AvgIpc) is 3.14. The number of carboxylic acid groups (broad SMARTS) is 1. The molecule has 3 atom stereocenters. The number of likely N-dealkylation sites (tertiary alicyclic amines) is 1. The second-order valence-electron chi connectivity index (χ2n) is 9.12. The zero-order chi connectivity index (χ0) is 23.5. The van der Waals surface area contributed by atoms with Gasteiger partial charge in [0.1, 0.15) is 12.6 Å². The third-order valence-electron chi connectivity index (χ3n) is 6.75. The highest BCUT2D eigenvalue weighted by molar-refractivity contribution is 5.85. The number of nitrogens with zero attached hydrogens (tertiary/aromatic N) is 1. The second kappa shape index (κ2) is 9.65. The minimum absolute atomic E-state index is 0.0335. The van der Waals surface area contributed by atoms with E-state index in [0.717, 1.165) is 28.7 Å². The van der Waals surface area contributed by atoms with Crippen LogP contribution in [0.25, 0.3) is 11.1 Å². The van der Waals surface area contributed by atoms with Gasteiger partial charge in [0.15, 0.2) is 0 Å². The highest BCUT2D eigenvalue weighted by Crippen LogP contribution is 2.44. The van der Waals surface area contributed by atoms with Gasteiger partial charge in [-0.15, -0.1) is 0 Å². The van der Waals surface area contributed by atoms with Gasteiger partial charge in [0.05, 0.1) is 5.92 Å². The molecule has 7 heteroatoms. The lowest BCUT2D eigenvalue weighted by atomic mass is 9.91. The van der Waals surface area contributed by atoms with Gasteiger partial charge in [0.2, 0.25) is 5.91 Å². The van der Waals surface area contributed by atoms with E-state index in [1.54, 1.807) is 6.92 Å². The van der Waals surface area contributed by atoms with Crippen molar-refractivity contribution >= 4 is 18.0 Å². The van der Waals surface area contributed by atoms with Crippen molar-refractivity contribution in [3.8, 4) is 11.1 Å². The van der Waals surface area contributed by atoms with E-state index in [-0.39, 0.29) is 30.9 Å². The molecule has 1 aliphatic carbocycles. The summed E-state index contributed by atoms with van der Waals surface area (Å²) < 4.78 is 5.52. The Morgan fingerprint density at radius 3 is 2.30 bits per heavy atom. The van der Waals surface area contributed by atoms with Crippen molar-refractivity contribution in [2.75, 3.05) is 19.7 Å². The molecule has 2 aromatic carbocycles. The number of benzene rings is 2. The number of piperidine rings is 1. The molecule has 0 bridgehead atoms. The smallest absolute Gasteiger partial charge is 0.407 e. The molecule has 0 aromatic heterocycles. The Morgan fingerprint density at radius 1 is 1.09 bits per heavy atom. The molecular weight excluding hydrogens is 420 g/mol. The van der Waals surface area contributed by atoms with Crippen molar-refractivity contribution in [2.45, 2.75) is 38.6 Å². The molecule has 2 amide bonds. The fourth-order valence-corrected chi connectivity index (χ4v) is 4.90. The van der Waals surface area contributed by atoms with Crippen LogP contribution in [0, 0.1) is 11.8 Å². The highest BCUT2D eigenvalue weighted by Gasteiger charge is 2.36. The van der Waals surface area contributed by atoms with Gasteiger partial charge in [0.25, 0.3) is 0 Å². The molecule has 2 aromatic rings. The first-order chi connectivity index (χ1) is 15.9. The Labute approximate surface area is 193 Å². The van der Waals surface area contributed by atoms with Crippen LogP contribution >= 0.6 is 0 Å². The molecule has 0 radical (unpaired) electrons. The van der Waals surface area contributed by atoms with Crippen molar-refractivity contribution in [3.63, 3.8) is 0 Å². The first-order valence-electron chi connectivity index (χ1n) is 11.5. The van der Waals surface area contributed by atoms with Crippen LogP contribution < -0.4 is 5.32 Å². The number of amides is 2. The number of aliphatic carboxylic acids is 1. The van der Waals surface area contributed by atoms with E-state index in [2.05, 4.69) is 29.6 Å². The standard InChI is InChI=1S/C26H30N2O5/c1-16-11-12-28(23(13-16)25(30)31)24(29)17(2)14-27-26(32)33-15-22-20-9-5-3-7-18(20)19-8-4-6-10-21(19)22/h3-10,16-17,22-23H,11-15H2,1-2H3,(H,27,32)(H,30,31). The zero-order valence-electron chi connectivity index (χ0n) is 19.0. The Morgan fingerprint density at radius 2 is 1.70 bits per heavy atom. The Kier molecular flexibility index (Phi) is 6.67. The lowest BCUT2D eigenvalue weighted by Gasteiger charge is -2.37. The summed E-state index contributed by atoms with van der Waals surface area (Å²) in [5, 5.41) is 12.2. The quantitative estimate of drug-likeness (QED) is 0.697. The SMILES string of the molecule is CC1CCN(C(=O)C(C)CNC(=O)OCC2c3ccccc3-c3ccccc32)C(C(=O)O)C1. The summed E-state index contributed by atoms with van der Waals surface area (Å²) in [5.41, 5.74) is 4.58. The Balaban J connectivity index is 1.32. The van der Waals surface area contributed by atoms with Gasteiger partial charge >= 0.3 is 12.1 Å². The molecule has 1 aliphatic heterocycles. The van der Waals surface area contributed by atoms with Crippen molar-refractivity contribution in [3.05, 3.63) is 59.7 Å². The molecule has 0 saturated carbocycles. The minimum atomic E-state index is -0.980. The van der Waals surface area contributed by atoms with Crippen LogP contribution in [0.4, 0.5) is 4.79 Å². The third kappa shape index (κ3) is 4.72. The molecule has 0 spiro atoms. The van der Waals surface area contributed by atoms with E-state index in [4.69, 9.17) is 4.74 Å². The maximum atomic E-state index is 12.8. The number of alkyl carbamates (subject to hydrolysis) is 1. The van der Waals surface area contributed by atoms with Crippen LogP contribution in [0.5, 0.6) is 0 Å². The topological polar surface area (TPSA) is 95.9 Å². The summed E-state index contributed by atoms with van der Waals surface area (Å²) in [6, 6.07) is 15.4. The van der Waals surface area contributed by atoms with Gasteiger partial charge in [-0.1, -0.05) is 62.4 Å². The van der Waals surface area contributed by atoms with Gasteiger partial charge in [0, 0.05) is 19.0 Å². The lowest BCUT2D eigenvalue weighted by molar-refractivity contribution is -0.154. The summed E-state index contributed by atoms with van der Waals surface area (Å²) >= 11 is 0. The van der Waals surface area contributed by atoms with E-state index in [1.165, 1.54) is 4.90 Å². The van der Waals surface area contributed by atoms with Crippen molar-refractivity contribution in [2.24, 2.45) is 11.8 Å². The van der Waals surface area contributed by atoms with E-state index < -0.39 is 24.0 Å². The van der Waals surface area contributed by atoms with Crippen LogP contribution in [-0.2, 0) is 14.3 Å². The van der Waals surface area contributed by atoms with Crippen molar-refractivity contribution in [1.29, 1.82) is 0 Å². The summed E-state index contributed by atoms with van der Waals surface area (Å²) in [6.45, 7) is 4.41. The predicted molar refractivity (Wildman–Crippen MR) is 124 cm³/mol. The molecule has 33 heavy (non-hydrogen) atoms. The van der Waals surface area contributed by atoms with Crippen LogP contribution in [0.1, 0.15) is 43.7 Å². The van der Waals surface area contributed by atoms with Crippen molar-refractivity contribution in [1.82, 2.24) is 10.2 Å². The number of nitrogens with one attached hydrogen (secondary N) is 1.